The number of nitrogens with zero attached hydrogens (tertiary/aromatic N) is 1. The minimum absolute atomic E-state index is 0.0369. The van der Waals surface area contributed by atoms with Crippen molar-refractivity contribution in [2.45, 2.75) is 31.5 Å². The van der Waals surface area contributed by atoms with E-state index in [1.807, 2.05) is 36.2 Å². The molecule has 0 spiro atoms. The maximum absolute atomic E-state index is 13.3. The molecule has 2 aromatic rings. The molecule has 4 nitrogen and oxygen atoms in total. The molecule has 3 rings (SSSR count). The van der Waals surface area contributed by atoms with Crippen molar-refractivity contribution in [3.63, 3.8) is 0 Å². The highest BCUT2D eigenvalue weighted by atomic mass is 19.1. The van der Waals surface area contributed by atoms with Gasteiger partial charge in [0.15, 0.2) is 0 Å². The molecule has 1 amide bonds. The third-order valence-electron chi connectivity index (χ3n) is 4.39. The van der Waals surface area contributed by atoms with Gasteiger partial charge in [0.25, 0.3) is 0 Å². The lowest BCUT2D eigenvalue weighted by molar-refractivity contribution is -0.126. The Kier molecular flexibility index (Phi) is 5.34. The summed E-state index contributed by atoms with van der Waals surface area (Å²) >= 11 is 0. The standard InChI is InChI=1S/C20H23FN2O2/c1-23(13-14-3-11-18(25-2)12-4-14)19(20(24)22-17-9-10-17)15-5-7-16(21)8-6-15/h3-8,11-12,17,19H,9-10,13H2,1-2H3,(H,22,24)/t19-/m1/s1. The predicted octanol–water partition coefficient (Wildman–Crippen LogP) is 3.29. The van der Waals surface area contributed by atoms with E-state index in [9.17, 15) is 9.18 Å². The monoisotopic (exact) mass is 342 g/mol. The number of carbonyl (C=O) groups is 1. The van der Waals surface area contributed by atoms with Crippen LogP contribution in [-0.2, 0) is 11.3 Å². The van der Waals surface area contributed by atoms with E-state index in [2.05, 4.69) is 5.32 Å². The highest BCUT2D eigenvalue weighted by Crippen LogP contribution is 2.26. The van der Waals surface area contributed by atoms with E-state index in [0.29, 0.717) is 6.54 Å². The number of benzene rings is 2. The Morgan fingerprint density at radius 2 is 1.84 bits per heavy atom. The molecule has 1 aliphatic rings. The Morgan fingerprint density at radius 1 is 1.20 bits per heavy atom. The highest BCUT2D eigenvalue weighted by Gasteiger charge is 2.30. The topological polar surface area (TPSA) is 41.6 Å². The number of carbonyl (C=O) groups excluding carboxylic acids is 1. The quantitative estimate of drug-likeness (QED) is 0.839. The number of nitrogens with one attached hydrogen (secondary N) is 1. The van der Waals surface area contributed by atoms with Gasteiger partial charge in [0.2, 0.25) is 5.91 Å². The van der Waals surface area contributed by atoms with E-state index >= 15 is 0 Å². The van der Waals surface area contributed by atoms with Crippen LogP contribution in [0.4, 0.5) is 4.39 Å². The van der Waals surface area contributed by atoms with Crippen LogP contribution in [-0.4, -0.2) is 31.0 Å². The molecule has 0 saturated heterocycles. The fourth-order valence-corrected chi connectivity index (χ4v) is 2.87. The molecule has 0 unspecified atom stereocenters. The van der Waals surface area contributed by atoms with Crippen molar-refractivity contribution in [3.05, 3.63) is 65.5 Å². The zero-order valence-corrected chi connectivity index (χ0v) is 14.5. The fourth-order valence-electron chi connectivity index (χ4n) is 2.87. The number of hydrogen-bond acceptors (Lipinski definition) is 3. The van der Waals surface area contributed by atoms with Crippen molar-refractivity contribution >= 4 is 5.91 Å². The first-order valence-electron chi connectivity index (χ1n) is 8.46. The van der Waals surface area contributed by atoms with Gasteiger partial charge >= 0.3 is 0 Å². The van der Waals surface area contributed by atoms with E-state index in [4.69, 9.17) is 4.74 Å². The molecule has 25 heavy (non-hydrogen) atoms. The van der Waals surface area contributed by atoms with Crippen molar-refractivity contribution in [1.29, 1.82) is 0 Å². The molecule has 0 heterocycles. The summed E-state index contributed by atoms with van der Waals surface area (Å²) in [6.07, 6.45) is 2.06. The Balaban J connectivity index is 1.78. The average Bonchev–Trinajstić information content (AvgIpc) is 3.41. The minimum atomic E-state index is -0.455. The van der Waals surface area contributed by atoms with E-state index in [1.165, 1.54) is 12.1 Å². The second-order valence-corrected chi connectivity index (χ2v) is 6.50. The molecule has 2 aromatic carbocycles. The van der Waals surface area contributed by atoms with Gasteiger partial charge in [-0.1, -0.05) is 24.3 Å². The van der Waals surface area contributed by atoms with Crippen LogP contribution in [0.25, 0.3) is 0 Å². The SMILES string of the molecule is COc1ccc(CN(C)[C@@H](C(=O)NC2CC2)c2ccc(F)cc2)cc1. The average molecular weight is 342 g/mol. The van der Waals surface area contributed by atoms with Crippen LogP contribution in [0.5, 0.6) is 5.75 Å². The van der Waals surface area contributed by atoms with Crippen LogP contribution in [0.2, 0.25) is 0 Å². The van der Waals surface area contributed by atoms with Gasteiger partial charge in [0.1, 0.15) is 17.6 Å². The van der Waals surface area contributed by atoms with Gasteiger partial charge in [0, 0.05) is 12.6 Å². The van der Waals surface area contributed by atoms with Gasteiger partial charge in [0.05, 0.1) is 7.11 Å². The second kappa shape index (κ2) is 7.66. The van der Waals surface area contributed by atoms with Crippen LogP contribution >= 0.6 is 0 Å². The van der Waals surface area contributed by atoms with Crippen molar-refractivity contribution in [3.8, 4) is 5.75 Å². The summed E-state index contributed by atoms with van der Waals surface area (Å²) in [6.45, 7) is 0.601. The number of methoxy groups -OCH3 is 1. The van der Waals surface area contributed by atoms with Crippen LogP contribution in [0, 0.1) is 5.82 Å². The summed E-state index contributed by atoms with van der Waals surface area (Å²) in [5, 5.41) is 3.06. The van der Waals surface area contributed by atoms with Gasteiger partial charge < -0.3 is 10.1 Å². The maximum atomic E-state index is 13.3. The third-order valence-corrected chi connectivity index (χ3v) is 4.39. The first kappa shape index (κ1) is 17.4. The lowest BCUT2D eigenvalue weighted by Crippen LogP contribution is -2.39. The molecule has 1 fully saturated rings. The second-order valence-electron chi connectivity index (χ2n) is 6.50. The zero-order chi connectivity index (χ0) is 17.8. The minimum Gasteiger partial charge on any atom is -0.497 e. The molecular formula is C20H23FN2O2. The molecule has 0 bridgehead atoms. The Morgan fingerprint density at radius 3 is 2.40 bits per heavy atom. The molecule has 132 valence electrons. The van der Waals surface area contributed by atoms with Crippen molar-refractivity contribution in [2.75, 3.05) is 14.2 Å². The number of ether oxygens (including phenoxy) is 1. The van der Waals surface area contributed by atoms with Crippen LogP contribution in [0.1, 0.15) is 30.0 Å². The number of likely N-dealkylation sites (N-methyl/N-ethyl adjacent to an activating group) is 1. The van der Waals surface area contributed by atoms with Gasteiger partial charge in [-0.3, -0.25) is 9.69 Å². The van der Waals surface area contributed by atoms with E-state index in [0.717, 1.165) is 29.7 Å². The number of amides is 1. The first-order chi connectivity index (χ1) is 12.1. The van der Waals surface area contributed by atoms with E-state index < -0.39 is 6.04 Å². The van der Waals surface area contributed by atoms with Crippen molar-refractivity contribution in [1.82, 2.24) is 10.2 Å². The number of halogens is 1. The van der Waals surface area contributed by atoms with Crippen LogP contribution in [0.3, 0.4) is 0 Å². The summed E-state index contributed by atoms with van der Waals surface area (Å²) in [4.78, 5) is 14.7. The first-order valence-corrected chi connectivity index (χ1v) is 8.46. The third kappa shape index (κ3) is 4.57. The molecule has 5 heteroatoms. The molecule has 1 atom stereocenters. The normalized spacial score (nSPS) is 15.0. The van der Waals surface area contributed by atoms with Crippen molar-refractivity contribution < 1.29 is 13.9 Å². The number of hydrogen-bond donors (Lipinski definition) is 1. The Labute approximate surface area is 147 Å². The molecular weight excluding hydrogens is 319 g/mol. The predicted molar refractivity (Wildman–Crippen MR) is 94.8 cm³/mol. The van der Waals surface area contributed by atoms with Crippen molar-refractivity contribution in [2.24, 2.45) is 0 Å². The molecule has 1 aliphatic carbocycles. The van der Waals surface area contributed by atoms with Gasteiger partial charge in [-0.2, -0.15) is 0 Å². The fraction of sp³-hybridized carbons (Fsp3) is 0.350. The molecule has 0 aliphatic heterocycles. The Bertz CT molecular complexity index is 711. The maximum Gasteiger partial charge on any atom is 0.242 e. The largest absolute Gasteiger partial charge is 0.497 e. The molecule has 1 N–H and O–H groups in total. The molecule has 0 aromatic heterocycles. The lowest BCUT2D eigenvalue weighted by Gasteiger charge is -2.28. The number of rotatable bonds is 7. The molecule has 0 radical (unpaired) electrons. The molecule has 1 saturated carbocycles. The van der Waals surface area contributed by atoms with E-state index in [-0.39, 0.29) is 17.8 Å². The summed E-state index contributed by atoms with van der Waals surface area (Å²) in [7, 11) is 3.54. The van der Waals surface area contributed by atoms with Gasteiger partial charge in [-0.25, -0.2) is 4.39 Å². The van der Waals surface area contributed by atoms with E-state index in [1.54, 1.807) is 19.2 Å². The lowest BCUT2D eigenvalue weighted by atomic mass is 10.0. The van der Waals surface area contributed by atoms with Gasteiger partial charge in [-0.05, 0) is 55.3 Å². The zero-order valence-electron chi connectivity index (χ0n) is 14.5. The Hall–Kier alpha value is -2.40. The summed E-state index contributed by atoms with van der Waals surface area (Å²) in [5.41, 5.74) is 1.87. The summed E-state index contributed by atoms with van der Waals surface area (Å²) < 4.78 is 18.4. The van der Waals surface area contributed by atoms with Crippen LogP contribution in [0.15, 0.2) is 48.5 Å². The smallest absolute Gasteiger partial charge is 0.242 e. The summed E-state index contributed by atoms with van der Waals surface area (Å²) in [5.74, 6) is 0.459. The van der Waals surface area contributed by atoms with Crippen LogP contribution < -0.4 is 10.1 Å². The van der Waals surface area contributed by atoms with Gasteiger partial charge in [-0.15, -0.1) is 0 Å². The highest BCUT2D eigenvalue weighted by molar-refractivity contribution is 5.83. The summed E-state index contributed by atoms with van der Waals surface area (Å²) in [6, 6.07) is 13.7.